The lowest BCUT2D eigenvalue weighted by Gasteiger charge is -2.24. The summed E-state index contributed by atoms with van der Waals surface area (Å²) in [5.41, 5.74) is -0.496. The predicted octanol–water partition coefficient (Wildman–Crippen LogP) is 1.52. The summed E-state index contributed by atoms with van der Waals surface area (Å²) >= 11 is 1.77. The van der Waals surface area contributed by atoms with Crippen molar-refractivity contribution in [1.82, 2.24) is 0 Å². The van der Waals surface area contributed by atoms with Crippen LogP contribution in [-0.4, -0.2) is 21.6 Å². The summed E-state index contributed by atoms with van der Waals surface area (Å²) in [6, 6.07) is 0. The predicted molar refractivity (Wildman–Crippen MR) is 44.7 cm³/mol. The van der Waals surface area contributed by atoms with Gasteiger partial charge in [0.15, 0.2) is 0 Å². The maximum atomic E-state index is 10.9. The summed E-state index contributed by atoms with van der Waals surface area (Å²) in [5.74, 6) is -0.651. The molecule has 0 aromatic carbocycles. The van der Waals surface area contributed by atoms with Crippen LogP contribution >= 0.6 is 11.8 Å². The average molecular weight is 170 g/mol. The van der Waals surface area contributed by atoms with Gasteiger partial charge in [-0.25, -0.2) is 0 Å². The van der Waals surface area contributed by atoms with Crippen LogP contribution in [0.3, 0.4) is 0 Å². The summed E-state index contributed by atoms with van der Waals surface area (Å²) in [7, 11) is 0. The fourth-order valence-electron chi connectivity index (χ4n) is 1.73. The Hall–Kier alpha value is -0.440. The van der Waals surface area contributed by atoms with Gasteiger partial charge in [0.25, 0.3) is 0 Å². The van der Waals surface area contributed by atoms with Crippen LogP contribution in [0.25, 0.3) is 0 Å². The Balaban J connectivity index is 2.30. The minimum Gasteiger partial charge on any atom is -0.481 e. The fraction of sp³-hybridized carbons (Fsp3) is 0.625. The minimum atomic E-state index is -0.651. The van der Waals surface area contributed by atoms with Gasteiger partial charge in [0.2, 0.25) is 0 Å². The zero-order valence-corrected chi connectivity index (χ0v) is 7.10. The Morgan fingerprint density at radius 2 is 2.45 bits per heavy atom. The van der Waals surface area contributed by atoms with Crippen molar-refractivity contribution in [2.24, 2.45) is 5.41 Å². The van der Waals surface area contributed by atoms with Crippen molar-refractivity contribution in [3.63, 3.8) is 0 Å². The highest BCUT2D eigenvalue weighted by Gasteiger charge is 2.50. The van der Waals surface area contributed by atoms with E-state index in [9.17, 15) is 4.79 Å². The van der Waals surface area contributed by atoms with E-state index in [4.69, 9.17) is 5.11 Å². The lowest BCUT2D eigenvalue weighted by molar-refractivity contribution is -0.147. The fourth-order valence-corrected chi connectivity index (χ4v) is 3.41. The second-order valence-electron chi connectivity index (χ2n) is 3.41. The van der Waals surface area contributed by atoms with Gasteiger partial charge in [0.1, 0.15) is 0 Å². The molecule has 0 aromatic heterocycles. The van der Waals surface area contributed by atoms with Gasteiger partial charge in [0, 0.05) is 10.5 Å². The van der Waals surface area contributed by atoms with Gasteiger partial charge < -0.3 is 5.11 Å². The third-order valence-corrected chi connectivity index (χ3v) is 4.21. The first-order valence-electron chi connectivity index (χ1n) is 3.70. The van der Waals surface area contributed by atoms with Crippen LogP contribution in [0.15, 0.2) is 12.2 Å². The molecule has 0 spiro atoms. The standard InChI is InChI=1S/C8H10O2S/c1-8(7(9)10)4-5-2-3-6(8)11-5/h2-3,5-6H,4H2,1H3,(H,9,10). The SMILES string of the molecule is CC1(C(=O)O)CC2C=CC1S2. The van der Waals surface area contributed by atoms with Gasteiger partial charge in [-0.15, -0.1) is 11.8 Å². The lowest BCUT2D eigenvalue weighted by atomic mass is 9.79. The molecule has 1 N–H and O–H groups in total. The van der Waals surface area contributed by atoms with E-state index in [1.54, 1.807) is 11.8 Å². The highest BCUT2D eigenvalue weighted by Crippen LogP contribution is 2.52. The van der Waals surface area contributed by atoms with Crippen molar-refractivity contribution in [3.8, 4) is 0 Å². The molecule has 1 fully saturated rings. The van der Waals surface area contributed by atoms with E-state index >= 15 is 0 Å². The zero-order chi connectivity index (χ0) is 8.06. The number of hydrogen-bond acceptors (Lipinski definition) is 2. The van der Waals surface area contributed by atoms with Crippen molar-refractivity contribution in [1.29, 1.82) is 0 Å². The number of aliphatic carboxylic acids is 1. The third-order valence-electron chi connectivity index (χ3n) is 2.56. The van der Waals surface area contributed by atoms with Gasteiger partial charge in [-0.2, -0.15) is 0 Å². The molecule has 11 heavy (non-hydrogen) atoms. The van der Waals surface area contributed by atoms with Crippen molar-refractivity contribution in [2.75, 3.05) is 0 Å². The number of carboxylic acids is 1. The topological polar surface area (TPSA) is 37.3 Å². The molecule has 3 unspecified atom stereocenters. The molecule has 0 aliphatic carbocycles. The van der Waals surface area contributed by atoms with E-state index in [1.165, 1.54) is 0 Å². The number of carbonyl (C=O) groups is 1. The van der Waals surface area contributed by atoms with E-state index < -0.39 is 11.4 Å². The Morgan fingerprint density at radius 3 is 2.73 bits per heavy atom. The van der Waals surface area contributed by atoms with E-state index in [2.05, 4.69) is 6.08 Å². The van der Waals surface area contributed by atoms with E-state index in [1.807, 2.05) is 13.0 Å². The van der Waals surface area contributed by atoms with E-state index in [-0.39, 0.29) is 5.25 Å². The minimum absolute atomic E-state index is 0.213. The summed E-state index contributed by atoms with van der Waals surface area (Å²) in [4.78, 5) is 10.9. The van der Waals surface area contributed by atoms with Gasteiger partial charge in [-0.05, 0) is 13.3 Å². The number of fused-ring (bicyclic) bond motifs is 2. The van der Waals surface area contributed by atoms with Crippen LogP contribution < -0.4 is 0 Å². The second-order valence-corrected chi connectivity index (χ2v) is 4.79. The molecule has 2 heterocycles. The molecule has 0 amide bonds. The van der Waals surface area contributed by atoms with Crippen molar-refractivity contribution in [2.45, 2.75) is 23.8 Å². The maximum Gasteiger partial charge on any atom is 0.310 e. The molecular weight excluding hydrogens is 160 g/mol. The number of hydrogen-bond donors (Lipinski definition) is 1. The molecular formula is C8H10O2S. The van der Waals surface area contributed by atoms with E-state index in [0.717, 1.165) is 6.42 Å². The smallest absolute Gasteiger partial charge is 0.310 e. The molecule has 0 saturated carbocycles. The summed E-state index contributed by atoms with van der Waals surface area (Å²) in [6.07, 6.45) is 4.96. The molecule has 2 rings (SSSR count). The maximum absolute atomic E-state index is 10.9. The molecule has 3 heteroatoms. The summed E-state index contributed by atoms with van der Waals surface area (Å²) < 4.78 is 0. The summed E-state index contributed by atoms with van der Waals surface area (Å²) in [5, 5.41) is 9.62. The van der Waals surface area contributed by atoms with Gasteiger partial charge in [-0.1, -0.05) is 12.2 Å². The molecule has 2 aliphatic rings. The second kappa shape index (κ2) is 2.03. The molecule has 0 radical (unpaired) electrons. The quantitative estimate of drug-likeness (QED) is 0.606. The van der Waals surface area contributed by atoms with Crippen LogP contribution in [0.2, 0.25) is 0 Å². The number of rotatable bonds is 1. The Bertz CT molecular complexity index is 236. The molecule has 60 valence electrons. The Morgan fingerprint density at radius 1 is 1.73 bits per heavy atom. The van der Waals surface area contributed by atoms with Crippen molar-refractivity contribution in [3.05, 3.63) is 12.2 Å². The molecule has 3 atom stereocenters. The highest BCUT2D eigenvalue weighted by atomic mass is 32.2. The van der Waals surface area contributed by atoms with Gasteiger partial charge in [-0.3, -0.25) is 4.79 Å². The Kier molecular flexibility index (Phi) is 1.34. The van der Waals surface area contributed by atoms with Crippen LogP contribution in [0, 0.1) is 5.41 Å². The molecule has 2 nitrogen and oxygen atoms in total. The van der Waals surface area contributed by atoms with Crippen molar-refractivity contribution < 1.29 is 9.90 Å². The lowest BCUT2D eigenvalue weighted by Crippen LogP contribution is -2.34. The van der Waals surface area contributed by atoms with Gasteiger partial charge >= 0.3 is 5.97 Å². The van der Waals surface area contributed by atoms with Gasteiger partial charge in [0.05, 0.1) is 5.41 Å². The van der Waals surface area contributed by atoms with Crippen LogP contribution in [0.4, 0.5) is 0 Å². The Labute approximate surface area is 69.7 Å². The zero-order valence-electron chi connectivity index (χ0n) is 6.28. The average Bonchev–Trinajstić information content (AvgIpc) is 2.45. The highest BCUT2D eigenvalue weighted by molar-refractivity contribution is 8.01. The first-order valence-corrected chi connectivity index (χ1v) is 4.64. The number of carboxylic acid groups (broad SMARTS) is 1. The summed E-state index contributed by atoms with van der Waals surface area (Å²) in [6.45, 7) is 1.84. The monoisotopic (exact) mass is 170 g/mol. The molecule has 1 saturated heterocycles. The van der Waals surface area contributed by atoms with Crippen molar-refractivity contribution >= 4 is 17.7 Å². The normalized spacial score (nSPS) is 46.6. The largest absolute Gasteiger partial charge is 0.481 e. The first kappa shape index (κ1) is 7.22. The molecule has 2 aliphatic heterocycles. The van der Waals surface area contributed by atoms with E-state index in [0.29, 0.717) is 5.25 Å². The number of thioether (sulfide) groups is 1. The third kappa shape index (κ3) is 0.836. The first-order chi connectivity index (χ1) is 5.13. The van der Waals surface area contributed by atoms with Crippen LogP contribution in [-0.2, 0) is 4.79 Å². The van der Waals surface area contributed by atoms with Crippen LogP contribution in [0.1, 0.15) is 13.3 Å². The molecule has 2 bridgehead atoms. The van der Waals surface area contributed by atoms with Crippen LogP contribution in [0.5, 0.6) is 0 Å². The molecule has 0 aromatic rings.